The Morgan fingerprint density at radius 3 is 2.56 bits per heavy atom. The molecule has 1 aliphatic rings. The molecule has 0 saturated carbocycles. The molecule has 0 spiro atoms. The van der Waals surface area contributed by atoms with Crippen molar-refractivity contribution in [1.29, 1.82) is 0 Å². The van der Waals surface area contributed by atoms with Crippen molar-refractivity contribution in [3.05, 3.63) is 59.4 Å². The highest BCUT2D eigenvalue weighted by Gasteiger charge is 2.22. The molecule has 0 N–H and O–H groups in total. The Morgan fingerprint density at radius 1 is 1.09 bits per heavy atom. The molecule has 180 valence electrons. The summed E-state index contributed by atoms with van der Waals surface area (Å²) in [6.45, 7) is 9.75. The van der Waals surface area contributed by atoms with Crippen LogP contribution in [0.5, 0.6) is 5.75 Å². The molecule has 2 aromatic carbocycles. The zero-order valence-corrected chi connectivity index (χ0v) is 20.9. The van der Waals surface area contributed by atoms with Gasteiger partial charge in [0.15, 0.2) is 0 Å². The van der Waals surface area contributed by atoms with Gasteiger partial charge in [-0.15, -0.1) is 0 Å². The maximum Gasteiger partial charge on any atom is 0.219 e. The summed E-state index contributed by atoms with van der Waals surface area (Å²) >= 11 is 0. The van der Waals surface area contributed by atoms with Gasteiger partial charge in [0.25, 0.3) is 0 Å². The van der Waals surface area contributed by atoms with Gasteiger partial charge in [-0.3, -0.25) is 9.69 Å². The Balaban J connectivity index is 1.63. The molecule has 0 aliphatic carbocycles. The van der Waals surface area contributed by atoms with E-state index in [-0.39, 0.29) is 11.9 Å². The van der Waals surface area contributed by atoms with Crippen molar-refractivity contribution >= 4 is 22.6 Å². The van der Waals surface area contributed by atoms with Crippen molar-refractivity contribution in [2.24, 2.45) is 0 Å². The van der Waals surface area contributed by atoms with Gasteiger partial charge < -0.3 is 14.5 Å². The lowest BCUT2D eigenvalue weighted by molar-refractivity contribution is -0.128. The van der Waals surface area contributed by atoms with E-state index < -0.39 is 0 Å². The molecular weight excluding hydrogens is 426 g/mol. The number of benzene rings is 2. The lowest BCUT2D eigenvalue weighted by Gasteiger charge is -2.27. The minimum atomic E-state index is 0.139. The molecule has 0 bridgehead atoms. The molecule has 4 rings (SSSR count). The van der Waals surface area contributed by atoms with Gasteiger partial charge in [0.1, 0.15) is 17.4 Å². The summed E-state index contributed by atoms with van der Waals surface area (Å²) in [6, 6.07) is 14.7. The number of aryl methyl sites for hydroxylation is 1. The Labute approximate surface area is 202 Å². The maximum atomic E-state index is 11.9. The van der Waals surface area contributed by atoms with Crippen LogP contribution < -0.4 is 9.64 Å². The highest BCUT2D eigenvalue weighted by atomic mass is 16.5. The number of nitrogens with zero attached hydrogens (tertiary/aromatic N) is 5. The topological polar surface area (TPSA) is 61.8 Å². The van der Waals surface area contributed by atoms with Crippen LogP contribution in [0.4, 0.5) is 5.82 Å². The third-order valence-electron chi connectivity index (χ3n) is 6.85. The van der Waals surface area contributed by atoms with E-state index in [2.05, 4.69) is 61.0 Å². The molecule has 1 saturated heterocycles. The summed E-state index contributed by atoms with van der Waals surface area (Å²) in [7, 11) is 3.79. The number of rotatable bonds is 6. The van der Waals surface area contributed by atoms with Crippen LogP contribution in [0.3, 0.4) is 0 Å². The standard InChI is InChI=1S/C27H35N5O2/c1-19-8-6-9-24-26(19)28-25(18-30(4)20(2)22-10-12-23(34-5)13-11-22)29-27(24)32-15-7-14-31(16-17-32)21(3)33/h6,8-13,20H,7,14-18H2,1-5H3. The summed E-state index contributed by atoms with van der Waals surface area (Å²) in [6.07, 6.45) is 0.931. The van der Waals surface area contributed by atoms with Gasteiger partial charge in [-0.25, -0.2) is 9.97 Å². The predicted molar refractivity (Wildman–Crippen MR) is 136 cm³/mol. The van der Waals surface area contributed by atoms with E-state index in [0.29, 0.717) is 6.54 Å². The van der Waals surface area contributed by atoms with Crippen LogP contribution in [0.25, 0.3) is 10.9 Å². The monoisotopic (exact) mass is 461 g/mol. The average molecular weight is 462 g/mol. The Hall–Kier alpha value is -3.19. The number of carbonyl (C=O) groups is 1. The molecular formula is C27H35N5O2. The van der Waals surface area contributed by atoms with Crippen LogP contribution in [0.2, 0.25) is 0 Å². The predicted octanol–water partition coefficient (Wildman–Crippen LogP) is 4.20. The smallest absolute Gasteiger partial charge is 0.219 e. The first-order valence-corrected chi connectivity index (χ1v) is 12.0. The Morgan fingerprint density at radius 2 is 1.85 bits per heavy atom. The number of amides is 1. The summed E-state index contributed by atoms with van der Waals surface area (Å²) in [5.74, 6) is 2.78. The zero-order chi connectivity index (χ0) is 24.2. The van der Waals surface area contributed by atoms with Crippen molar-refractivity contribution in [2.75, 3.05) is 45.2 Å². The number of hydrogen-bond acceptors (Lipinski definition) is 6. The summed E-state index contributed by atoms with van der Waals surface area (Å²) < 4.78 is 5.30. The lowest BCUT2D eigenvalue weighted by Crippen LogP contribution is -2.34. The van der Waals surface area contributed by atoms with Gasteiger partial charge in [-0.1, -0.05) is 24.3 Å². The zero-order valence-electron chi connectivity index (χ0n) is 20.9. The molecule has 1 atom stereocenters. The van der Waals surface area contributed by atoms with Crippen molar-refractivity contribution in [2.45, 2.75) is 39.8 Å². The first kappa shape index (κ1) is 24.0. The van der Waals surface area contributed by atoms with E-state index in [0.717, 1.165) is 66.5 Å². The third-order valence-corrected chi connectivity index (χ3v) is 6.85. The van der Waals surface area contributed by atoms with Gasteiger partial charge in [0, 0.05) is 44.5 Å². The fraction of sp³-hybridized carbons (Fsp3) is 0.444. The summed E-state index contributed by atoms with van der Waals surface area (Å²) in [5.41, 5.74) is 3.37. The van der Waals surface area contributed by atoms with E-state index in [1.165, 1.54) is 5.56 Å². The molecule has 7 nitrogen and oxygen atoms in total. The molecule has 1 aromatic heterocycles. The number of para-hydroxylation sites is 1. The van der Waals surface area contributed by atoms with Gasteiger partial charge in [0.2, 0.25) is 5.91 Å². The first-order chi connectivity index (χ1) is 16.4. The molecule has 0 radical (unpaired) electrons. The second-order valence-corrected chi connectivity index (χ2v) is 9.15. The van der Waals surface area contributed by atoms with Gasteiger partial charge in [-0.2, -0.15) is 0 Å². The summed E-state index contributed by atoms with van der Waals surface area (Å²) in [5, 5.41) is 1.07. The Bertz CT molecular complexity index is 1150. The van der Waals surface area contributed by atoms with E-state index >= 15 is 0 Å². The van der Waals surface area contributed by atoms with Crippen molar-refractivity contribution in [1.82, 2.24) is 19.8 Å². The molecule has 1 amide bonds. The van der Waals surface area contributed by atoms with Crippen LogP contribution in [0, 0.1) is 6.92 Å². The molecule has 3 aromatic rings. The second kappa shape index (κ2) is 10.4. The molecule has 34 heavy (non-hydrogen) atoms. The fourth-order valence-corrected chi connectivity index (χ4v) is 4.58. The molecule has 1 aliphatic heterocycles. The van der Waals surface area contributed by atoms with E-state index in [9.17, 15) is 4.79 Å². The van der Waals surface area contributed by atoms with Gasteiger partial charge in [0.05, 0.1) is 19.2 Å². The Kier molecular flexibility index (Phi) is 7.32. The number of fused-ring (bicyclic) bond motifs is 1. The minimum absolute atomic E-state index is 0.139. The first-order valence-electron chi connectivity index (χ1n) is 12.0. The number of ether oxygens (including phenoxy) is 1. The van der Waals surface area contributed by atoms with Crippen LogP contribution in [0.15, 0.2) is 42.5 Å². The van der Waals surface area contributed by atoms with E-state index in [4.69, 9.17) is 14.7 Å². The van der Waals surface area contributed by atoms with Crippen LogP contribution in [0.1, 0.15) is 43.3 Å². The van der Waals surface area contributed by atoms with Crippen molar-refractivity contribution in [3.8, 4) is 5.75 Å². The quantitative estimate of drug-likeness (QED) is 0.548. The minimum Gasteiger partial charge on any atom is -0.497 e. The number of methoxy groups -OCH3 is 1. The molecule has 1 fully saturated rings. The normalized spacial score (nSPS) is 15.5. The number of aromatic nitrogens is 2. The number of anilines is 1. The van der Waals surface area contributed by atoms with E-state index in [1.54, 1.807) is 14.0 Å². The largest absolute Gasteiger partial charge is 0.497 e. The van der Waals surface area contributed by atoms with Gasteiger partial charge >= 0.3 is 0 Å². The van der Waals surface area contributed by atoms with Crippen LogP contribution in [-0.4, -0.2) is 66.0 Å². The van der Waals surface area contributed by atoms with Crippen LogP contribution in [-0.2, 0) is 11.3 Å². The summed E-state index contributed by atoms with van der Waals surface area (Å²) in [4.78, 5) is 28.5. The molecule has 1 unspecified atom stereocenters. The van der Waals surface area contributed by atoms with Crippen molar-refractivity contribution in [3.63, 3.8) is 0 Å². The van der Waals surface area contributed by atoms with E-state index in [1.807, 2.05) is 17.0 Å². The fourth-order valence-electron chi connectivity index (χ4n) is 4.58. The highest BCUT2D eigenvalue weighted by Crippen LogP contribution is 2.28. The second-order valence-electron chi connectivity index (χ2n) is 9.15. The SMILES string of the molecule is COc1ccc(C(C)N(C)Cc2nc(N3CCCN(C(C)=O)CC3)c3cccc(C)c3n2)cc1. The molecule has 2 heterocycles. The molecule has 7 heteroatoms. The van der Waals surface area contributed by atoms with Crippen molar-refractivity contribution < 1.29 is 9.53 Å². The maximum absolute atomic E-state index is 11.9. The van der Waals surface area contributed by atoms with Gasteiger partial charge in [-0.05, 0) is 56.6 Å². The lowest BCUT2D eigenvalue weighted by atomic mass is 10.1. The number of carbonyl (C=O) groups excluding carboxylic acids is 1. The number of hydrogen-bond donors (Lipinski definition) is 0. The average Bonchev–Trinajstić information content (AvgIpc) is 3.10. The third kappa shape index (κ3) is 5.14. The highest BCUT2D eigenvalue weighted by molar-refractivity contribution is 5.91. The van der Waals surface area contributed by atoms with Crippen LogP contribution >= 0.6 is 0 Å².